The summed E-state index contributed by atoms with van der Waals surface area (Å²) in [5.74, 6) is 0.684. The Labute approximate surface area is 146 Å². The summed E-state index contributed by atoms with van der Waals surface area (Å²) in [5.41, 5.74) is 10.4. The fourth-order valence-electron chi connectivity index (χ4n) is 2.26. The van der Waals surface area contributed by atoms with E-state index in [0.29, 0.717) is 24.5 Å². The van der Waals surface area contributed by atoms with E-state index in [9.17, 15) is 4.79 Å². The van der Waals surface area contributed by atoms with Gasteiger partial charge in [-0.25, -0.2) is 4.79 Å². The van der Waals surface area contributed by atoms with Crippen LogP contribution >= 0.6 is 0 Å². The molecule has 0 spiro atoms. The molecule has 2 rings (SSSR count). The molecule has 0 saturated heterocycles. The number of hydrogen-bond donors (Lipinski definition) is 0. The first-order chi connectivity index (χ1) is 12.2. The van der Waals surface area contributed by atoms with Gasteiger partial charge in [0.2, 0.25) is 0 Å². The normalized spacial score (nSPS) is 9.80. The van der Waals surface area contributed by atoms with Crippen molar-refractivity contribution in [3.05, 3.63) is 65.2 Å². The molecule has 0 radical (unpaired) electrons. The monoisotopic (exact) mass is 340 g/mol. The number of hydrogen-bond acceptors (Lipinski definition) is 4. The molecule has 0 N–H and O–H groups in total. The lowest BCUT2D eigenvalue weighted by Gasteiger charge is -2.12. The molecule has 6 nitrogen and oxygen atoms in total. The lowest BCUT2D eigenvalue weighted by atomic mass is 10.1. The van der Waals surface area contributed by atoms with Crippen LogP contribution in [-0.2, 0) is 22.6 Å². The lowest BCUT2D eigenvalue weighted by molar-refractivity contribution is -0.139. The molecular weight excluding hydrogens is 320 g/mol. The predicted molar refractivity (Wildman–Crippen MR) is 92.7 cm³/mol. The molecule has 0 aliphatic rings. The van der Waals surface area contributed by atoms with E-state index in [1.165, 1.54) is 0 Å². The summed E-state index contributed by atoms with van der Waals surface area (Å²) in [7, 11) is 1.60. The average Bonchev–Trinajstić information content (AvgIpc) is 2.65. The van der Waals surface area contributed by atoms with Gasteiger partial charge in [0, 0.05) is 0 Å². The van der Waals surface area contributed by atoms with Crippen LogP contribution in [0.1, 0.15) is 17.5 Å². The zero-order valence-corrected chi connectivity index (χ0v) is 14.1. The zero-order valence-electron chi connectivity index (χ0n) is 14.1. The number of carbonyl (C=O) groups is 1. The van der Waals surface area contributed by atoms with Crippen molar-refractivity contribution >= 4 is 12.2 Å². The minimum Gasteiger partial charge on any atom is -0.493 e. The third-order valence-electron chi connectivity index (χ3n) is 3.48. The highest BCUT2D eigenvalue weighted by molar-refractivity contribution is 6.20. The van der Waals surface area contributed by atoms with Crippen molar-refractivity contribution in [2.45, 2.75) is 19.4 Å². The summed E-state index contributed by atoms with van der Waals surface area (Å²) in [4.78, 5) is 13.6. The van der Waals surface area contributed by atoms with E-state index in [4.69, 9.17) is 19.7 Å². The summed E-state index contributed by atoms with van der Waals surface area (Å²) >= 11 is 0. The molecule has 0 bridgehead atoms. The predicted octanol–water partition coefficient (Wildman–Crippen LogP) is 3.05. The summed E-state index contributed by atoms with van der Waals surface area (Å²) in [6, 6.07) is 15.7. The number of carbonyl (C=O) groups excluding carboxylic acids is 1. The Hall–Kier alpha value is -3.11. The Morgan fingerprint density at radius 1 is 1.12 bits per heavy atom. The standard InChI is InChI=1S/C19H20N2O4/c1-23-18-12-15(8-5-11-24-19(22)13-21-20)9-10-17(18)25-14-16-6-3-2-4-7-16/h2-4,6-7,9-10,12-13H,5,8,11,14H2,1H3. The van der Waals surface area contributed by atoms with E-state index < -0.39 is 5.97 Å². The Morgan fingerprint density at radius 3 is 2.64 bits per heavy atom. The lowest BCUT2D eigenvalue weighted by Crippen LogP contribution is -2.08. The first-order valence-electron chi connectivity index (χ1n) is 7.90. The number of aryl methyl sites for hydroxylation is 1. The third kappa shape index (κ3) is 6.12. The SMILES string of the molecule is COc1cc(CCCOC(=O)C=[N+]=[N-])ccc1OCc1ccccc1. The highest BCUT2D eigenvalue weighted by Gasteiger charge is 2.07. The molecular formula is C19H20N2O4. The highest BCUT2D eigenvalue weighted by Crippen LogP contribution is 2.29. The highest BCUT2D eigenvalue weighted by atomic mass is 16.5. The summed E-state index contributed by atoms with van der Waals surface area (Å²) in [6.45, 7) is 0.721. The second-order valence-corrected chi connectivity index (χ2v) is 5.28. The van der Waals surface area contributed by atoms with Crippen LogP contribution in [0.2, 0.25) is 0 Å². The molecule has 0 unspecified atom stereocenters. The molecule has 0 aliphatic heterocycles. The van der Waals surface area contributed by atoms with Crippen LogP contribution < -0.4 is 9.47 Å². The van der Waals surface area contributed by atoms with Crippen LogP contribution in [0.25, 0.3) is 5.53 Å². The fourth-order valence-corrected chi connectivity index (χ4v) is 2.26. The van der Waals surface area contributed by atoms with Crippen molar-refractivity contribution in [3.8, 4) is 11.5 Å². The second-order valence-electron chi connectivity index (χ2n) is 5.28. The van der Waals surface area contributed by atoms with Crippen molar-refractivity contribution in [1.82, 2.24) is 0 Å². The third-order valence-corrected chi connectivity index (χ3v) is 3.48. The topological polar surface area (TPSA) is 81.2 Å². The van der Waals surface area contributed by atoms with E-state index in [1.807, 2.05) is 48.5 Å². The molecule has 6 heteroatoms. The minimum absolute atomic E-state index is 0.249. The largest absolute Gasteiger partial charge is 0.493 e. The average molecular weight is 340 g/mol. The van der Waals surface area contributed by atoms with E-state index in [2.05, 4.69) is 4.79 Å². The number of ether oxygens (including phenoxy) is 3. The number of nitrogens with zero attached hydrogens (tertiary/aromatic N) is 2. The van der Waals surface area contributed by atoms with Gasteiger partial charge < -0.3 is 19.7 Å². The molecule has 0 aromatic heterocycles. The van der Waals surface area contributed by atoms with Gasteiger partial charge in [0.15, 0.2) is 11.5 Å². The summed E-state index contributed by atoms with van der Waals surface area (Å²) in [6.07, 6.45) is 2.10. The Kier molecular flexibility index (Phi) is 7.22. The quantitative estimate of drug-likeness (QED) is 0.231. The van der Waals surface area contributed by atoms with Gasteiger partial charge in [0.1, 0.15) is 6.61 Å². The second kappa shape index (κ2) is 9.90. The van der Waals surface area contributed by atoms with Crippen molar-refractivity contribution in [3.63, 3.8) is 0 Å². The molecule has 2 aromatic rings. The van der Waals surface area contributed by atoms with E-state index in [1.54, 1.807) is 7.11 Å². The molecule has 25 heavy (non-hydrogen) atoms. The van der Waals surface area contributed by atoms with Gasteiger partial charge in [-0.3, -0.25) is 0 Å². The van der Waals surface area contributed by atoms with Crippen molar-refractivity contribution in [2.24, 2.45) is 0 Å². The van der Waals surface area contributed by atoms with E-state index in [-0.39, 0.29) is 6.61 Å². The van der Waals surface area contributed by atoms with Crippen molar-refractivity contribution in [2.75, 3.05) is 13.7 Å². The van der Waals surface area contributed by atoms with Gasteiger partial charge in [0.25, 0.3) is 0 Å². The van der Waals surface area contributed by atoms with Crippen LogP contribution in [0, 0.1) is 0 Å². The Morgan fingerprint density at radius 2 is 1.92 bits per heavy atom. The first kappa shape index (κ1) is 18.2. The maximum Gasteiger partial charge on any atom is 0.413 e. The molecule has 0 fully saturated rings. The molecule has 130 valence electrons. The van der Waals surface area contributed by atoms with Crippen LogP contribution in [0.3, 0.4) is 0 Å². The van der Waals surface area contributed by atoms with Crippen LogP contribution in [0.5, 0.6) is 11.5 Å². The van der Waals surface area contributed by atoms with E-state index >= 15 is 0 Å². The van der Waals surface area contributed by atoms with Gasteiger partial charge in [-0.2, -0.15) is 4.79 Å². The number of benzene rings is 2. The fraction of sp³-hybridized carbons (Fsp3) is 0.263. The van der Waals surface area contributed by atoms with Crippen LogP contribution in [0.15, 0.2) is 48.5 Å². The van der Waals surface area contributed by atoms with Gasteiger partial charge >= 0.3 is 12.2 Å². The minimum atomic E-state index is -0.662. The Balaban J connectivity index is 1.87. The molecule has 2 aromatic carbocycles. The molecule has 0 amide bonds. The van der Waals surface area contributed by atoms with Crippen molar-refractivity contribution in [1.29, 1.82) is 0 Å². The molecule has 0 aliphatic carbocycles. The first-order valence-corrected chi connectivity index (χ1v) is 7.90. The van der Waals surface area contributed by atoms with Gasteiger partial charge in [-0.15, -0.1) is 0 Å². The number of esters is 1. The summed E-state index contributed by atoms with van der Waals surface area (Å²) in [5, 5.41) is 0. The molecule has 0 saturated carbocycles. The smallest absolute Gasteiger partial charge is 0.413 e. The van der Waals surface area contributed by atoms with Crippen molar-refractivity contribution < 1.29 is 23.8 Å². The number of rotatable bonds is 9. The van der Waals surface area contributed by atoms with Gasteiger partial charge in [0.05, 0.1) is 13.7 Å². The summed E-state index contributed by atoms with van der Waals surface area (Å²) < 4.78 is 16.1. The number of methoxy groups -OCH3 is 1. The Bertz CT molecular complexity index is 740. The van der Waals surface area contributed by atoms with Gasteiger partial charge in [-0.05, 0) is 36.1 Å². The van der Waals surface area contributed by atoms with Gasteiger partial charge in [-0.1, -0.05) is 36.4 Å². The van der Waals surface area contributed by atoms with Crippen LogP contribution in [-0.4, -0.2) is 30.7 Å². The maximum absolute atomic E-state index is 11.0. The van der Waals surface area contributed by atoms with E-state index in [0.717, 1.165) is 23.8 Å². The molecule has 0 heterocycles. The zero-order chi connectivity index (χ0) is 17.9. The van der Waals surface area contributed by atoms with Crippen LogP contribution in [0.4, 0.5) is 0 Å². The molecule has 0 atom stereocenters. The maximum atomic E-state index is 11.0.